The summed E-state index contributed by atoms with van der Waals surface area (Å²) in [5.74, 6) is 0.124. The third-order valence-corrected chi connectivity index (χ3v) is 6.29. The van der Waals surface area contributed by atoms with Crippen LogP contribution >= 0.6 is 0 Å². The Kier molecular flexibility index (Phi) is 3.82. The fourth-order valence-corrected chi connectivity index (χ4v) is 5.22. The molecule has 3 fully saturated rings. The van der Waals surface area contributed by atoms with Crippen molar-refractivity contribution < 1.29 is 9.53 Å². The largest absolute Gasteiger partial charge is 0.377 e. The topological polar surface area (TPSA) is 88.1 Å². The quantitative estimate of drug-likeness (QED) is 0.886. The van der Waals surface area contributed by atoms with E-state index >= 15 is 0 Å². The predicted octanol–water partition coefficient (Wildman–Crippen LogP) is 2.02. The second-order valence-corrected chi connectivity index (χ2v) is 7.40. The average molecular weight is 325 g/mol. The molecular formula is C19H23N3O2. The first-order valence-electron chi connectivity index (χ1n) is 8.83. The summed E-state index contributed by atoms with van der Waals surface area (Å²) in [6.45, 7) is 0.827. The van der Waals surface area contributed by atoms with Crippen molar-refractivity contribution in [3.63, 3.8) is 0 Å². The van der Waals surface area contributed by atoms with Gasteiger partial charge in [0.15, 0.2) is 0 Å². The molecule has 5 heteroatoms. The lowest BCUT2D eigenvalue weighted by Gasteiger charge is -2.57. The number of amides is 1. The lowest BCUT2D eigenvalue weighted by Crippen LogP contribution is -2.68. The minimum Gasteiger partial charge on any atom is -0.377 e. The molecule has 1 spiro atoms. The van der Waals surface area contributed by atoms with Gasteiger partial charge in [-0.1, -0.05) is 25.0 Å². The highest BCUT2D eigenvalue weighted by molar-refractivity contribution is 5.81. The summed E-state index contributed by atoms with van der Waals surface area (Å²) in [7, 11) is 0. The monoisotopic (exact) mass is 325 g/mol. The Morgan fingerprint density at radius 1 is 1.33 bits per heavy atom. The number of hydrogen-bond donors (Lipinski definition) is 2. The fraction of sp³-hybridized carbons (Fsp3) is 0.579. The summed E-state index contributed by atoms with van der Waals surface area (Å²) in [5.41, 5.74) is 7.29. The van der Waals surface area contributed by atoms with Crippen LogP contribution in [0.2, 0.25) is 0 Å². The molecular weight excluding hydrogens is 302 g/mol. The number of nitrogens with two attached hydrogens (primary N) is 1. The van der Waals surface area contributed by atoms with E-state index in [0.717, 1.165) is 18.6 Å². The van der Waals surface area contributed by atoms with Gasteiger partial charge in [0.1, 0.15) is 6.04 Å². The van der Waals surface area contributed by atoms with Crippen molar-refractivity contribution in [2.75, 3.05) is 6.61 Å². The van der Waals surface area contributed by atoms with Gasteiger partial charge >= 0.3 is 0 Å². The third-order valence-electron chi connectivity index (χ3n) is 6.29. The van der Waals surface area contributed by atoms with Crippen molar-refractivity contribution in [1.82, 2.24) is 5.32 Å². The van der Waals surface area contributed by atoms with Crippen LogP contribution in [-0.4, -0.2) is 24.7 Å². The zero-order valence-corrected chi connectivity index (χ0v) is 13.7. The number of primary amides is 1. The molecule has 0 unspecified atom stereocenters. The summed E-state index contributed by atoms with van der Waals surface area (Å²) in [4.78, 5) is 12.1. The highest BCUT2D eigenvalue weighted by Crippen LogP contribution is 2.61. The van der Waals surface area contributed by atoms with E-state index in [1.165, 1.54) is 25.7 Å². The molecule has 126 valence electrons. The van der Waals surface area contributed by atoms with Crippen molar-refractivity contribution >= 4 is 5.91 Å². The smallest absolute Gasteiger partial charge is 0.239 e. The molecule has 24 heavy (non-hydrogen) atoms. The molecule has 0 aromatic heterocycles. The van der Waals surface area contributed by atoms with Crippen molar-refractivity contribution in [3.05, 3.63) is 35.4 Å². The first-order chi connectivity index (χ1) is 11.7. The molecule has 2 saturated carbocycles. The molecule has 0 bridgehead atoms. The molecule has 4 rings (SSSR count). The molecule has 1 heterocycles. The molecule has 5 nitrogen and oxygen atoms in total. The van der Waals surface area contributed by atoms with Gasteiger partial charge in [-0.3, -0.25) is 10.1 Å². The molecule has 1 saturated heterocycles. The van der Waals surface area contributed by atoms with Crippen molar-refractivity contribution in [2.24, 2.45) is 17.1 Å². The number of benzene rings is 1. The van der Waals surface area contributed by atoms with Gasteiger partial charge in [0.25, 0.3) is 0 Å². The van der Waals surface area contributed by atoms with E-state index in [2.05, 4.69) is 11.4 Å². The molecule has 3 N–H and O–H groups in total. The number of ether oxygens (including phenoxy) is 1. The first-order valence-corrected chi connectivity index (χ1v) is 8.83. The highest BCUT2D eigenvalue weighted by atomic mass is 16.5. The van der Waals surface area contributed by atoms with Crippen LogP contribution in [0.5, 0.6) is 0 Å². The van der Waals surface area contributed by atoms with Crippen LogP contribution in [0, 0.1) is 22.7 Å². The molecule has 1 amide bonds. The van der Waals surface area contributed by atoms with Crippen LogP contribution in [0.15, 0.2) is 24.3 Å². The number of hydrogen-bond acceptors (Lipinski definition) is 4. The van der Waals surface area contributed by atoms with Crippen LogP contribution in [0.25, 0.3) is 0 Å². The minimum atomic E-state index is -0.512. The van der Waals surface area contributed by atoms with Gasteiger partial charge in [0, 0.05) is 24.0 Å². The zero-order valence-electron chi connectivity index (χ0n) is 13.7. The summed E-state index contributed by atoms with van der Waals surface area (Å²) in [6.07, 6.45) is 6.23. The average Bonchev–Trinajstić information content (AvgIpc) is 3.24. The summed E-state index contributed by atoms with van der Waals surface area (Å²) < 4.78 is 6.01. The van der Waals surface area contributed by atoms with Gasteiger partial charge in [-0.25, -0.2) is 0 Å². The molecule has 1 aromatic carbocycles. The Labute approximate surface area is 142 Å². The van der Waals surface area contributed by atoms with Gasteiger partial charge in [0.2, 0.25) is 5.91 Å². The number of carbonyl (C=O) groups is 1. The third kappa shape index (κ3) is 2.25. The zero-order chi connectivity index (χ0) is 16.7. The summed E-state index contributed by atoms with van der Waals surface area (Å²) in [6, 6.07) is 9.00. The highest BCUT2D eigenvalue weighted by Gasteiger charge is 2.65. The van der Waals surface area contributed by atoms with Crippen LogP contribution < -0.4 is 11.1 Å². The lowest BCUT2D eigenvalue weighted by atomic mass is 9.54. The Balaban J connectivity index is 1.58. The van der Waals surface area contributed by atoms with Crippen LogP contribution in [0.1, 0.15) is 49.3 Å². The van der Waals surface area contributed by atoms with E-state index in [0.29, 0.717) is 23.6 Å². The van der Waals surface area contributed by atoms with Gasteiger partial charge in [0.05, 0.1) is 17.7 Å². The van der Waals surface area contributed by atoms with E-state index in [1.54, 1.807) is 12.1 Å². The number of nitrogens with zero attached hydrogens (tertiary/aromatic N) is 1. The van der Waals surface area contributed by atoms with Gasteiger partial charge in [-0.15, -0.1) is 0 Å². The fourth-order valence-electron chi connectivity index (χ4n) is 5.22. The summed E-state index contributed by atoms with van der Waals surface area (Å²) >= 11 is 0. The summed E-state index contributed by atoms with van der Waals surface area (Å²) in [5, 5.41) is 12.5. The van der Waals surface area contributed by atoms with E-state index in [9.17, 15) is 4.79 Å². The number of nitrogens with one attached hydrogen (secondary N) is 1. The SMILES string of the molecule is N#Cc1ccc([C@H](N[C@@H]2[C@@H]3CCO[C@@H]3C23CCCC3)C(N)=O)cc1. The molecule has 1 aliphatic heterocycles. The Morgan fingerprint density at radius 2 is 2.04 bits per heavy atom. The van der Waals surface area contributed by atoms with Crippen LogP contribution in [-0.2, 0) is 9.53 Å². The van der Waals surface area contributed by atoms with Gasteiger partial charge in [-0.2, -0.15) is 5.26 Å². The van der Waals surface area contributed by atoms with E-state index in [1.807, 2.05) is 12.1 Å². The maximum atomic E-state index is 12.1. The Morgan fingerprint density at radius 3 is 2.67 bits per heavy atom. The van der Waals surface area contributed by atoms with Gasteiger partial charge < -0.3 is 10.5 Å². The standard InChI is InChI=1S/C19H23N3O2/c20-11-12-3-5-13(6-4-12)15(18(21)23)22-16-14-7-10-24-17(14)19(16)8-1-2-9-19/h3-6,14-17,22H,1-2,7-10H2,(H2,21,23)/t14-,15-,16+,17-/m0/s1. The minimum absolute atomic E-state index is 0.182. The van der Waals surface area contributed by atoms with Crippen molar-refractivity contribution in [1.29, 1.82) is 5.26 Å². The van der Waals surface area contributed by atoms with E-state index < -0.39 is 6.04 Å². The lowest BCUT2D eigenvalue weighted by molar-refractivity contribution is -0.139. The molecule has 3 aliphatic rings. The molecule has 2 aliphatic carbocycles. The number of carbonyl (C=O) groups excluding carboxylic acids is 1. The van der Waals surface area contributed by atoms with Crippen LogP contribution in [0.4, 0.5) is 0 Å². The second kappa shape index (κ2) is 5.87. The number of rotatable bonds is 4. The number of fused-ring (bicyclic) bond motifs is 2. The predicted molar refractivity (Wildman–Crippen MR) is 88.8 cm³/mol. The van der Waals surface area contributed by atoms with Crippen molar-refractivity contribution in [3.8, 4) is 6.07 Å². The first kappa shape index (κ1) is 15.6. The maximum absolute atomic E-state index is 12.1. The van der Waals surface area contributed by atoms with E-state index in [-0.39, 0.29) is 11.3 Å². The molecule has 0 radical (unpaired) electrons. The molecule has 1 aromatic rings. The van der Waals surface area contributed by atoms with Gasteiger partial charge in [-0.05, 0) is 37.0 Å². The Hall–Kier alpha value is -1.90. The normalized spacial score (nSPS) is 31.2. The second-order valence-electron chi connectivity index (χ2n) is 7.40. The number of nitriles is 1. The molecule has 4 atom stereocenters. The maximum Gasteiger partial charge on any atom is 0.239 e. The Bertz CT molecular complexity index is 673. The van der Waals surface area contributed by atoms with Crippen LogP contribution in [0.3, 0.4) is 0 Å². The van der Waals surface area contributed by atoms with E-state index in [4.69, 9.17) is 15.7 Å². The van der Waals surface area contributed by atoms with Crippen molar-refractivity contribution in [2.45, 2.75) is 50.3 Å².